The Morgan fingerprint density at radius 1 is 1.24 bits per heavy atom. The van der Waals surface area contributed by atoms with Gasteiger partial charge in [-0.3, -0.25) is 0 Å². The van der Waals surface area contributed by atoms with Crippen LogP contribution in [0.1, 0.15) is 26.3 Å². The summed E-state index contributed by atoms with van der Waals surface area (Å²) in [6.07, 6.45) is 0. The van der Waals surface area contributed by atoms with Gasteiger partial charge in [0.2, 0.25) is 0 Å². The lowest BCUT2D eigenvalue weighted by Crippen LogP contribution is -2.22. The first-order valence-corrected chi connectivity index (χ1v) is 5.97. The minimum absolute atomic E-state index is 0.0873. The molecule has 3 nitrogen and oxygen atoms in total. The molecule has 0 aliphatic carbocycles. The molecule has 0 radical (unpaired) electrons. The monoisotopic (exact) mass is 258 g/mol. The summed E-state index contributed by atoms with van der Waals surface area (Å²) in [7, 11) is 0. The predicted molar refractivity (Wildman–Crippen MR) is 68.6 cm³/mol. The Labute approximate surface area is 107 Å². The molecule has 0 saturated heterocycles. The third-order valence-electron chi connectivity index (χ3n) is 2.08. The summed E-state index contributed by atoms with van der Waals surface area (Å²) in [4.78, 5) is 0. The fraction of sp³-hybridized carbons (Fsp3) is 0.538. The highest BCUT2D eigenvalue weighted by molar-refractivity contribution is 6.32. The van der Waals surface area contributed by atoms with Gasteiger partial charge in [-0.25, -0.2) is 0 Å². The van der Waals surface area contributed by atoms with Crippen LogP contribution < -0.4 is 4.74 Å². The highest BCUT2D eigenvalue weighted by atomic mass is 35.5. The van der Waals surface area contributed by atoms with Gasteiger partial charge in [0, 0.05) is 5.56 Å². The van der Waals surface area contributed by atoms with Gasteiger partial charge in [-0.1, -0.05) is 23.7 Å². The molecular formula is C13H19ClO3. The van der Waals surface area contributed by atoms with E-state index >= 15 is 0 Å². The summed E-state index contributed by atoms with van der Waals surface area (Å²) in [6.45, 7) is 6.77. The standard InChI is InChI=1S/C13H19ClO3/c1-13(2,3)17-8-7-16-12-10(9-15)5-4-6-11(12)14/h4-6,15H,7-9H2,1-3H3. The number of ether oxygens (including phenoxy) is 2. The smallest absolute Gasteiger partial charge is 0.143 e. The van der Waals surface area contributed by atoms with E-state index in [4.69, 9.17) is 26.2 Å². The molecule has 0 heterocycles. The minimum Gasteiger partial charge on any atom is -0.489 e. The highest BCUT2D eigenvalue weighted by Crippen LogP contribution is 2.28. The van der Waals surface area contributed by atoms with Crippen molar-refractivity contribution >= 4 is 11.6 Å². The van der Waals surface area contributed by atoms with Gasteiger partial charge in [0.15, 0.2) is 0 Å². The molecule has 1 aromatic carbocycles. The molecule has 0 fully saturated rings. The van der Waals surface area contributed by atoms with Gasteiger partial charge in [0.1, 0.15) is 12.4 Å². The molecule has 0 bridgehead atoms. The molecule has 1 N–H and O–H groups in total. The summed E-state index contributed by atoms with van der Waals surface area (Å²) >= 11 is 6.00. The van der Waals surface area contributed by atoms with Gasteiger partial charge in [0.25, 0.3) is 0 Å². The Hall–Kier alpha value is -0.770. The average molecular weight is 259 g/mol. The molecule has 0 unspecified atom stereocenters. The van der Waals surface area contributed by atoms with Crippen LogP contribution in [0.25, 0.3) is 0 Å². The van der Waals surface area contributed by atoms with Crippen molar-refractivity contribution in [3.05, 3.63) is 28.8 Å². The lowest BCUT2D eigenvalue weighted by Gasteiger charge is -2.20. The van der Waals surface area contributed by atoms with E-state index in [0.717, 1.165) is 0 Å². The van der Waals surface area contributed by atoms with E-state index in [0.29, 0.717) is 29.5 Å². The molecule has 0 aliphatic heterocycles. The second kappa shape index (κ2) is 6.24. The predicted octanol–water partition coefficient (Wildman–Crippen LogP) is 3.03. The van der Waals surface area contributed by atoms with Gasteiger partial charge < -0.3 is 14.6 Å². The number of para-hydroxylation sites is 1. The van der Waals surface area contributed by atoms with Crippen LogP contribution in [0.15, 0.2) is 18.2 Å². The van der Waals surface area contributed by atoms with Gasteiger partial charge in [-0.15, -0.1) is 0 Å². The first kappa shape index (κ1) is 14.3. The Bertz CT molecular complexity index is 358. The number of benzene rings is 1. The number of halogens is 1. The van der Waals surface area contributed by atoms with Crippen LogP contribution in [0.5, 0.6) is 5.75 Å². The van der Waals surface area contributed by atoms with Gasteiger partial charge in [-0.2, -0.15) is 0 Å². The van der Waals surface area contributed by atoms with Crippen molar-refractivity contribution in [3.63, 3.8) is 0 Å². The normalized spacial score (nSPS) is 11.6. The molecule has 0 aliphatic rings. The lowest BCUT2D eigenvalue weighted by atomic mass is 10.2. The van der Waals surface area contributed by atoms with Crippen LogP contribution in [-0.2, 0) is 11.3 Å². The average Bonchev–Trinajstić information content (AvgIpc) is 2.24. The van der Waals surface area contributed by atoms with E-state index in [1.165, 1.54) is 0 Å². The van der Waals surface area contributed by atoms with E-state index in [1.807, 2.05) is 20.8 Å². The van der Waals surface area contributed by atoms with Crippen LogP contribution in [0.4, 0.5) is 0 Å². The van der Waals surface area contributed by atoms with Crippen molar-refractivity contribution in [1.82, 2.24) is 0 Å². The maximum absolute atomic E-state index is 9.16. The van der Waals surface area contributed by atoms with Crippen LogP contribution in [0, 0.1) is 0 Å². The third kappa shape index (κ3) is 4.94. The summed E-state index contributed by atoms with van der Waals surface area (Å²) in [5.41, 5.74) is 0.511. The van der Waals surface area contributed by atoms with E-state index in [2.05, 4.69) is 0 Å². The lowest BCUT2D eigenvalue weighted by molar-refractivity contribution is -0.0164. The molecular weight excluding hydrogens is 240 g/mol. The molecule has 1 aromatic rings. The Kier molecular flexibility index (Phi) is 5.25. The fourth-order valence-electron chi connectivity index (χ4n) is 1.33. The van der Waals surface area contributed by atoms with E-state index in [9.17, 15) is 0 Å². The largest absolute Gasteiger partial charge is 0.489 e. The quantitative estimate of drug-likeness (QED) is 0.825. The zero-order valence-electron chi connectivity index (χ0n) is 10.5. The number of aliphatic hydroxyl groups is 1. The highest BCUT2D eigenvalue weighted by Gasteiger charge is 2.11. The van der Waals surface area contributed by atoms with Crippen molar-refractivity contribution in [1.29, 1.82) is 0 Å². The van der Waals surface area contributed by atoms with Gasteiger partial charge in [0.05, 0.1) is 23.8 Å². The van der Waals surface area contributed by atoms with Gasteiger partial charge >= 0.3 is 0 Å². The molecule has 1 rings (SSSR count). The first-order chi connectivity index (χ1) is 7.94. The second-order valence-electron chi connectivity index (χ2n) is 4.70. The summed E-state index contributed by atoms with van der Waals surface area (Å²) in [6, 6.07) is 5.30. The third-order valence-corrected chi connectivity index (χ3v) is 2.38. The van der Waals surface area contributed by atoms with Crippen molar-refractivity contribution in [3.8, 4) is 5.75 Å². The van der Waals surface area contributed by atoms with E-state index in [1.54, 1.807) is 18.2 Å². The maximum Gasteiger partial charge on any atom is 0.143 e. The molecule has 0 aromatic heterocycles. The van der Waals surface area contributed by atoms with Crippen molar-refractivity contribution < 1.29 is 14.6 Å². The van der Waals surface area contributed by atoms with Crippen molar-refractivity contribution in [2.45, 2.75) is 33.0 Å². The number of hydrogen-bond acceptors (Lipinski definition) is 3. The van der Waals surface area contributed by atoms with Gasteiger partial charge in [-0.05, 0) is 26.8 Å². The summed E-state index contributed by atoms with van der Waals surface area (Å²) in [5.74, 6) is 0.536. The number of hydrogen-bond donors (Lipinski definition) is 1. The molecule has 4 heteroatoms. The van der Waals surface area contributed by atoms with Crippen LogP contribution in [0.3, 0.4) is 0 Å². The summed E-state index contributed by atoms with van der Waals surface area (Å²) in [5, 5.41) is 9.67. The van der Waals surface area contributed by atoms with E-state index in [-0.39, 0.29) is 12.2 Å². The summed E-state index contributed by atoms with van der Waals surface area (Å²) < 4.78 is 11.1. The molecule has 0 amide bonds. The minimum atomic E-state index is -0.177. The number of rotatable bonds is 5. The van der Waals surface area contributed by atoms with Crippen LogP contribution in [0.2, 0.25) is 5.02 Å². The SMILES string of the molecule is CC(C)(C)OCCOc1c(Cl)cccc1CO. The molecule has 0 saturated carbocycles. The van der Waals surface area contributed by atoms with Crippen molar-refractivity contribution in [2.75, 3.05) is 13.2 Å². The van der Waals surface area contributed by atoms with Crippen LogP contribution in [-0.4, -0.2) is 23.9 Å². The Morgan fingerprint density at radius 2 is 1.94 bits per heavy atom. The fourth-order valence-corrected chi connectivity index (χ4v) is 1.58. The van der Waals surface area contributed by atoms with E-state index < -0.39 is 0 Å². The molecule has 0 atom stereocenters. The Morgan fingerprint density at radius 3 is 2.53 bits per heavy atom. The topological polar surface area (TPSA) is 38.7 Å². The zero-order valence-corrected chi connectivity index (χ0v) is 11.3. The maximum atomic E-state index is 9.16. The Balaban J connectivity index is 2.52. The number of aliphatic hydroxyl groups excluding tert-OH is 1. The zero-order chi connectivity index (χ0) is 12.9. The molecule has 17 heavy (non-hydrogen) atoms. The van der Waals surface area contributed by atoms with Crippen LogP contribution >= 0.6 is 11.6 Å². The molecule has 96 valence electrons. The molecule has 0 spiro atoms. The first-order valence-electron chi connectivity index (χ1n) is 5.59. The van der Waals surface area contributed by atoms with Crippen molar-refractivity contribution in [2.24, 2.45) is 0 Å². The second-order valence-corrected chi connectivity index (χ2v) is 5.10.